The third-order valence-corrected chi connectivity index (χ3v) is 5.65. The number of ether oxygens (including phenoxy) is 1. The first-order valence-corrected chi connectivity index (χ1v) is 11.6. The Morgan fingerprint density at radius 2 is 2.12 bits per heavy atom. The molecule has 3 amide bonds. The second-order valence-corrected chi connectivity index (χ2v) is 8.46. The molecule has 34 heavy (non-hydrogen) atoms. The molecule has 1 atom stereocenters. The average molecular weight is 467 g/mol. The topological polar surface area (TPSA) is 98.6 Å². The number of unbranched alkanes of at least 4 members (excludes halogenated alkanes) is 2. The highest BCUT2D eigenvalue weighted by molar-refractivity contribution is 5.97. The van der Waals surface area contributed by atoms with Crippen molar-refractivity contribution in [2.24, 2.45) is 10.2 Å². The monoisotopic (exact) mass is 466 g/mol. The maximum absolute atomic E-state index is 13.1. The maximum Gasteiger partial charge on any atom is 0.319 e. The Bertz CT molecular complexity index is 1010. The molecule has 9 nitrogen and oxygen atoms in total. The summed E-state index contributed by atoms with van der Waals surface area (Å²) in [6.45, 7) is 3.23. The number of hydrogen-bond donors (Lipinski definition) is 2. The molecule has 3 rings (SSSR count). The summed E-state index contributed by atoms with van der Waals surface area (Å²) in [6, 6.07) is 3.69. The molecule has 0 saturated carbocycles. The fraction of sp³-hybridized carbons (Fsp3) is 0.440. The van der Waals surface area contributed by atoms with E-state index in [-0.39, 0.29) is 11.9 Å². The van der Waals surface area contributed by atoms with Crippen molar-refractivity contribution in [3.8, 4) is 5.75 Å². The minimum absolute atomic E-state index is 0.0420. The molecule has 0 fully saturated rings. The van der Waals surface area contributed by atoms with Crippen LogP contribution < -0.4 is 15.4 Å². The normalized spacial score (nSPS) is 17.4. The van der Waals surface area contributed by atoms with Gasteiger partial charge in [-0.15, -0.1) is 0 Å². The quantitative estimate of drug-likeness (QED) is 0.349. The van der Waals surface area contributed by atoms with Crippen LogP contribution in [0.25, 0.3) is 0 Å². The van der Waals surface area contributed by atoms with E-state index in [2.05, 4.69) is 27.8 Å². The lowest BCUT2D eigenvalue weighted by Gasteiger charge is -2.31. The van der Waals surface area contributed by atoms with E-state index in [1.54, 1.807) is 43.4 Å². The van der Waals surface area contributed by atoms with Crippen molar-refractivity contribution in [3.63, 3.8) is 0 Å². The van der Waals surface area contributed by atoms with Gasteiger partial charge in [-0.2, -0.15) is 10.2 Å². The Morgan fingerprint density at radius 1 is 1.29 bits per heavy atom. The molecule has 1 aromatic rings. The van der Waals surface area contributed by atoms with Gasteiger partial charge in [-0.3, -0.25) is 4.79 Å². The number of methoxy groups -OCH3 is 1. The van der Waals surface area contributed by atoms with Gasteiger partial charge < -0.3 is 25.2 Å². The smallest absolute Gasteiger partial charge is 0.319 e. The Labute approximate surface area is 201 Å². The molecule has 9 heteroatoms. The Hall–Kier alpha value is -3.62. The number of hydrogen-bond acceptors (Lipinski definition) is 6. The van der Waals surface area contributed by atoms with Gasteiger partial charge in [0, 0.05) is 33.4 Å². The lowest BCUT2D eigenvalue weighted by molar-refractivity contribution is 0.0937. The van der Waals surface area contributed by atoms with E-state index in [1.165, 1.54) is 0 Å². The number of fused-ring (bicyclic) bond motifs is 1. The van der Waals surface area contributed by atoms with Gasteiger partial charge in [0.15, 0.2) is 0 Å². The summed E-state index contributed by atoms with van der Waals surface area (Å²) in [7, 11) is 5.03. The number of carbonyl (C=O) groups excluding carboxylic acids is 2. The van der Waals surface area contributed by atoms with Crippen molar-refractivity contribution in [2.75, 3.05) is 27.7 Å². The molecule has 0 spiro atoms. The molecular formula is C25H34N6O3. The first-order valence-electron chi connectivity index (χ1n) is 11.6. The Kier molecular flexibility index (Phi) is 8.84. The van der Waals surface area contributed by atoms with Gasteiger partial charge in [0.25, 0.3) is 5.91 Å². The summed E-state index contributed by atoms with van der Waals surface area (Å²) < 4.78 is 5.51. The third-order valence-electron chi connectivity index (χ3n) is 5.65. The second-order valence-electron chi connectivity index (χ2n) is 8.46. The van der Waals surface area contributed by atoms with Gasteiger partial charge in [0.05, 0.1) is 24.6 Å². The van der Waals surface area contributed by atoms with E-state index in [0.29, 0.717) is 30.8 Å². The van der Waals surface area contributed by atoms with E-state index in [0.717, 1.165) is 36.1 Å². The van der Waals surface area contributed by atoms with Crippen LogP contribution in [0.3, 0.4) is 0 Å². The van der Waals surface area contributed by atoms with Gasteiger partial charge in [-0.1, -0.05) is 19.4 Å². The number of nitrogens with one attached hydrogen (secondary N) is 2. The summed E-state index contributed by atoms with van der Waals surface area (Å²) in [6.07, 6.45) is 12.4. The van der Waals surface area contributed by atoms with E-state index >= 15 is 0 Å². The second kappa shape index (κ2) is 12.0. The van der Waals surface area contributed by atoms with Crippen LogP contribution in [0.2, 0.25) is 0 Å². The van der Waals surface area contributed by atoms with Crippen LogP contribution in [0.15, 0.2) is 46.3 Å². The number of carbonyl (C=O) groups is 2. The minimum Gasteiger partial charge on any atom is -0.496 e. The van der Waals surface area contributed by atoms with Crippen molar-refractivity contribution in [3.05, 3.63) is 52.7 Å². The molecule has 2 aliphatic heterocycles. The summed E-state index contributed by atoms with van der Waals surface area (Å²) in [4.78, 5) is 28.9. The highest BCUT2D eigenvalue weighted by Crippen LogP contribution is 2.28. The van der Waals surface area contributed by atoms with E-state index in [1.807, 2.05) is 30.4 Å². The van der Waals surface area contributed by atoms with Crippen molar-refractivity contribution >= 4 is 24.4 Å². The maximum atomic E-state index is 13.1. The molecule has 2 aliphatic rings. The van der Waals surface area contributed by atoms with Gasteiger partial charge in [-0.25, -0.2) is 4.79 Å². The van der Waals surface area contributed by atoms with Crippen LogP contribution in [-0.4, -0.2) is 68.1 Å². The largest absolute Gasteiger partial charge is 0.496 e. The first-order chi connectivity index (χ1) is 16.4. The third kappa shape index (κ3) is 6.46. The van der Waals surface area contributed by atoms with Crippen molar-refractivity contribution in [1.82, 2.24) is 20.4 Å². The molecule has 2 N–H and O–H groups in total. The Morgan fingerprint density at radius 3 is 2.85 bits per heavy atom. The zero-order valence-electron chi connectivity index (χ0n) is 20.4. The number of dihydropyridines is 1. The lowest BCUT2D eigenvalue weighted by atomic mass is 9.96. The number of rotatable bonds is 8. The highest BCUT2D eigenvalue weighted by Gasteiger charge is 2.25. The van der Waals surface area contributed by atoms with Gasteiger partial charge >= 0.3 is 6.03 Å². The SMILES string of the molecule is CCCC/C=N/N=C/C1=CC=CC(NC(=O)c2cc3c(cc2OC)CCN(C(=O)N(C)C)C3)N1. The number of nitrogens with zero attached hydrogens (tertiary/aromatic N) is 4. The fourth-order valence-corrected chi connectivity index (χ4v) is 3.80. The van der Waals surface area contributed by atoms with E-state index in [4.69, 9.17) is 4.74 Å². The highest BCUT2D eigenvalue weighted by atomic mass is 16.5. The fourth-order valence-electron chi connectivity index (χ4n) is 3.80. The van der Waals surface area contributed by atoms with E-state index < -0.39 is 6.17 Å². The van der Waals surface area contributed by atoms with Crippen LogP contribution in [0.4, 0.5) is 4.79 Å². The molecule has 1 aromatic carbocycles. The molecule has 0 aromatic heterocycles. The van der Waals surface area contributed by atoms with Crippen LogP contribution in [0.1, 0.15) is 47.7 Å². The van der Waals surface area contributed by atoms with Crippen LogP contribution in [0.5, 0.6) is 5.75 Å². The lowest BCUT2D eigenvalue weighted by Crippen LogP contribution is -2.45. The van der Waals surface area contributed by atoms with E-state index in [9.17, 15) is 9.59 Å². The van der Waals surface area contributed by atoms with Crippen molar-refractivity contribution < 1.29 is 14.3 Å². The summed E-state index contributed by atoms with van der Waals surface area (Å²) >= 11 is 0. The molecule has 1 unspecified atom stereocenters. The molecule has 0 aliphatic carbocycles. The molecule has 2 heterocycles. The molecule has 0 bridgehead atoms. The molecule has 0 saturated heterocycles. The van der Waals surface area contributed by atoms with Crippen LogP contribution in [0, 0.1) is 0 Å². The molecule has 0 radical (unpaired) electrons. The molecular weight excluding hydrogens is 432 g/mol. The minimum atomic E-state index is -0.407. The number of amides is 3. The van der Waals surface area contributed by atoms with Crippen LogP contribution >= 0.6 is 0 Å². The summed E-state index contributed by atoms with van der Waals surface area (Å²) in [5.74, 6) is 0.246. The summed E-state index contributed by atoms with van der Waals surface area (Å²) in [5, 5.41) is 14.3. The molecule has 182 valence electrons. The number of urea groups is 1. The van der Waals surface area contributed by atoms with Crippen LogP contribution in [-0.2, 0) is 13.0 Å². The van der Waals surface area contributed by atoms with Gasteiger partial charge in [0.2, 0.25) is 0 Å². The van der Waals surface area contributed by atoms with Crippen molar-refractivity contribution in [2.45, 2.75) is 45.3 Å². The Balaban J connectivity index is 1.67. The zero-order valence-corrected chi connectivity index (χ0v) is 20.4. The average Bonchev–Trinajstić information content (AvgIpc) is 2.84. The predicted octanol–water partition coefficient (Wildman–Crippen LogP) is 3.08. The zero-order chi connectivity index (χ0) is 24.5. The van der Waals surface area contributed by atoms with Gasteiger partial charge in [-0.05, 0) is 54.7 Å². The summed E-state index contributed by atoms with van der Waals surface area (Å²) in [5.41, 5.74) is 3.22. The predicted molar refractivity (Wildman–Crippen MR) is 134 cm³/mol. The van der Waals surface area contributed by atoms with Gasteiger partial charge in [0.1, 0.15) is 11.9 Å². The number of benzene rings is 1. The standard InChI is InChI=1S/C25H34N6O3/c1-5-6-7-12-26-27-16-20-9-8-10-23(28-20)29-24(32)21-14-19-17-31(25(33)30(2)3)13-11-18(19)15-22(21)34-4/h8-10,12,14-16,23,28H,5-7,11,13,17H2,1-4H3,(H,29,32)/b26-12+,27-16+. The van der Waals surface area contributed by atoms with Crippen molar-refractivity contribution in [1.29, 1.82) is 0 Å². The number of allylic oxidation sites excluding steroid dienone is 3. The first kappa shape index (κ1) is 25.0.